The van der Waals surface area contributed by atoms with Crippen molar-refractivity contribution in [2.75, 3.05) is 5.75 Å². The molecule has 0 heterocycles. The molecule has 30 heavy (non-hydrogen) atoms. The van der Waals surface area contributed by atoms with Gasteiger partial charge in [0.05, 0.1) is 5.75 Å². The lowest BCUT2D eigenvalue weighted by atomic mass is 10.1. The summed E-state index contributed by atoms with van der Waals surface area (Å²) in [5.41, 5.74) is 3.00. The molecule has 162 valence electrons. The molecule has 2 aromatic rings. The second-order valence-electron chi connectivity index (χ2n) is 8.54. The van der Waals surface area contributed by atoms with Crippen molar-refractivity contribution in [3.8, 4) is 0 Å². The highest BCUT2D eigenvalue weighted by molar-refractivity contribution is 9.10. The first-order valence-electron chi connectivity index (χ1n) is 10.0. The zero-order valence-electron chi connectivity index (χ0n) is 18.4. The molecule has 0 aliphatic heterocycles. The van der Waals surface area contributed by atoms with Crippen LogP contribution in [0.2, 0.25) is 0 Å². The van der Waals surface area contributed by atoms with Crippen LogP contribution in [0.25, 0.3) is 0 Å². The Kier molecular flexibility index (Phi) is 8.98. The van der Waals surface area contributed by atoms with Gasteiger partial charge in [0.15, 0.2) is 0 Å². The second kappa shape index (κ2) is 11.0. The van der Waals surface area contributed by atoms with Gasteiger partial charge in [-0.3, -0.25) is 9.59 Å². The van der Waals surface area contributed by atoms with Crippen LogP contribution in [0.5, 0.6) is 0 Å². The molecule has 0 spiro atoms. The number of nitrogens with one attached hydrogen (secondary N) is 1. The van der Waals surface area contributed by atoms with E-state index in [0.29, 0.717) is 12.3 Å². The Bertz CT molecular complexity index is 845. The Labute approximate surface area is 192 Å². The highest BCUT2D eigenvalue weighted by Crippen LogP contribution is 2.18. The number of carbonyl (C=O) groups is 2. The van der Waals surface area contributed by atoms with Crippen molar-refractivity contribution >= 4 is 39.5 Å². The minimum atomic E-state index is -0.550. The molecule has 0 aliphatic carbocycles. The minimum Gasteiger partial charge on any atom is -0.350 e. The summed E-state index contributed by atoms with van der Waals surface area (Å²) < 4.78 is 1.04. The van der Waals surface area contributed by atoms with Crippen molar-refractivity contribution in [3.63, 3.8) is 0 Å². The van der Waals surface area contributed by atoms with Gasteiger partial charge in [0.2, 0.25) is 11.8 Å². The van der Waals surface area contributed by atoms with E-state index in [2.05, 4.69) is 21.2 Å². The predicted octanol–water partition coefficient (Wildman–Crippen LogP) is 5.32. The topological polar surface area (TPSA) is 49.4 Å². The lowest BCUT2D eigenvalue weighted by molar-refractivity contribution is -0.139. The fourth-order valence-electron chi connectivity index (χ4n) is 2.87. The lowest BCUT2D eigenvalue weighted by Crippen LogP contribution is -2.52. The normalized spacial score (nSPS) is 12.3. The average Bonchev–Trinajstić information content (AvgIpc) is 2.67. The molecule has 4 nitrogen and oxygen atoms in total. The summed E-state index contributed by atoms with van der Waals surface area (Å²) in [6, 6.07) is 15.6. The van der Waals surface area contributed by atoms with Gasteiger partial charge in [-0.15, -0.1) is 11.8 Å². The first-order valence-corrected chi connectivity index (χ1v) is 12.0. The van der Waals surface area contributed by atoms with Gasteiger partial charge in [0, 0.05) is 22.3 Å². The van der Waals surface area contributed by atoms with Crippen LogP contribution in [0.3, 0.4) is 0 Å². The van der Waals surface area contributed by atoms with E-state index in [0.717, 1.165) is 15.8 Å². The Balaban J connectivity index is 2.08. The molecule has 2 rings (SSSR count). The summed E-state index contributed by atoms with van der Waals surface area (Å²) in [6.45, 7) is 10.1. The molecule has 0 aromatic heterocycles. The number of thioether (sulfide) groups is 1. The number of hydrogen-bond acceptors (Lipinski definition) is 3. The lowest BCUT2D eigenvalue weighted by Gasteiger charge is -2.31. The summed E-state index contributed by atoms with van der Waals surface area (Å²) in [7, 11) is 0. The van der Waals surface area contributed by atoms with Gasteiger partial charge in [0.1, 0.15) is 6.04 Å². The maximum absolute atomic E-state index is 13.1. The highest BCUT2D eigenvalue weighted by Gasteiger charge is 2.28. The smallest absolute Gasteiger partial charge is 0.242 e. The number of rotatable bonds is 8. The van der Waals surface area contributed by atoms with Crippen molar-refractivity contribution in [3.05, 3.63) is 69.7 Å². The number of hydrogen-bond donors (Lipinski definition) is 1. The van der Waals surface area contributed by atoms with Crippen molar-refractivity contribution in [2.24, 2.45) is 0 Å². The van der Waals surface area contributed by atoms with Gasteiger partial charge in [0.25, 0.3) is 0 Å². The maximum atomic E-state index is 13.1. The Hall–Kier alpha value is -1.79. The second-order valence-corrected chi connectivity index (χ2v) is 10.4. The molecule has 0 saturated heterocycles. The third kappa shape index (κ3) is 8.15. The summed E-state index contributed by atoms with van der Waals surface area (Å²) in [5.74, 6) is 0.907. The molecular formula is C24H31BrN2O2S. The van der Waals surface area contributed by atoms with E-state index in [1.165, 1.54) is 11.1 Å². The quantitative estimate of drug-likeness (QED) is 0.544. The molecule has 0 aliphatic rings. The number of carbonyl (C=O) groups excluding carboxylic acids is 2. The molecular weight excluding hydrogens is 460 g/mol. The van der Waals surface area contributed by atoms with Gasteiger partial charge >= 0.3 is 0 Å². The van der Waals surface area contributed by atoms with Crippen LogP contribution in [0.15, 0.2) is 53.0 Å². The Morgan fingerprint density at radius 1 is 1.03 bits per heavy atom. The number of halogens is 1. The average molecular weight is 491 g/mol. The van der Waals surface area contributed by atoms with E-state index >= 15 is 0 Å². The molecule has 0 radical (unpaired) electrons. The van der Waals surface area contributed by atoms with Gasteiger partial charge in [-0.1, -0.05) is 57.9 Å². The largest absolute Gasteiger partial charge is 0.350 e. The van der Waals surface area contributed by atoms with Crippen molar-refractivity contribution in [1.82, 2.24) is 10.2 Å². The molecule has 1 atom stereocenters. The zero-order valence-corrected chi connectivity index (χ0v) is 20.8. The molecule has 1 N–H and O–H groups in total. The van der Waals surface area contributed by atoms with Gasteiger partial charge < -0.3 is 10.2 Å². The Morgan fingerprint density at radius 3 is 2.17 bits per heavy atom. The first kappa shape index (κ1) is 24.5. The summed E-state index contributed by atoms with van der Waals surface area (Å²) in [5, 5.41) is 2.99. The van der Waals surface area contributed by atoms with E-state index in [1.54, 1.807) is 23.6 Å². The summed E-state index contributed by atoms with van der Waals surface area (Å²) in [4.78, 5) is 27.5. The zero-order chi connectivity index (χ0) is 22.3. The van der Waals surface area contributed by atoms with E-state index in [1.807, 2.05) is 76.2 Å². The van der Waals surface area contributed by atoms with E-state index < -0.39 is 6.04 Å². The van der Waals surface area contributed by atoms with Gasteiger partial charge in [-0.05, 0) is 57.9 Å². The molecule has 0 saturated carbocycles. The third-order valence-electron chi connectivity index (χ3n) is 4.55. The maximum Gasteiger partial charge on any atom is 0.242 e. The Morgan fingerprint density at radius 2 is 1.60 bits per heavy atom. The highest BCUT2D eigenvalue weighted by atomic mass is 79.9. The molecule has 0 bridgehead atoms. The van der Waals surface area contributed by atoms with Crippen LogP contribution < -0.4 is 5.32 Å². The van der Waals surface area contributed by atoms with Crippen LogP contribution in [0.1, 0.15) is 44.4 Å². The molecule has 2 amide bonds. The monoisotopic (exact) mass is 490 g/mol. The van der Waals surface area contributed by atoms with Crippen molar-refractivity contribution in [2.45, 2.75) is 58.5 Å². The summed E-state index contributed by atoms with van der Waals surface area (Å²) in [6.07, 6.45) is 0. The minimum absolute atomic E-state index is 0.0331. The van der Waals surface area contributed by atoms with Gasteiger partial charge in [-0.2, -0.15) is 0 Å². The number of nitrogens with zero attached hydrogens (tertiary/aromatic N) is 1. The third-order valence-corrected chi connectivity index (χ3v) is 6.06. The van der Waals surface area contributed by atoms with Crippen LogP contribution in [0, 0.1) is 6.92 Å². The van der Waals surface area contributed by atoms with E-state index in [4.69, 9.17) is 0 Å². The van der Waals surface area contributed by atoms with Crippen LogP contribution in [-0.2, 0) is 21.9 Å². The molecule has 2 aromatic carbocycles. The standard InChI is InChI=1S/C24H31BrN2O2S/c1-17-6-8-19(9-7-17)14-27(18(2)23(29)26-24(3,4)5)22(28)16-30-15-20-10-12-21(25)13-11-20/h6-13,18H,14-16H2,1-5H3,(H,26,29)/t18-/m1/s1. The van der Waals surface area contributed by atoms with Crippen LogP contribution in [0.4, 0.5) is 0 Å². The van der Waals surface area contributed by atoms with Crippen molar-refractivity contribution < 1.29 is 9.59 Å². The van der Waals surface area contributed by atoms with Crippen molar-refractivity contribution in [1.29, 1.82) is 0 Å². The first-order chi connectivity index (χ1) is 14.0. The number of aryl methyl sites for hydroxylation is 1. The van der Waals surface area contributed by atoms with Crippen LogP contribution in [-0.4, -0.2) is 34.0 Å². The fourth-order valence-corrected chi connectivity index (χ4v) is 4.00. The van der Waals surface area contributed by atoms with Gasteiger partial charge in [-0.25, -0.2) is 0 Å². The molecule has 6 heteroatoms. The fraction of sp³-hybridized carbons (Fsp3) is 0.417. The van der Waals surface area contributed by atoms with E-state index in [-0.39, 0.29) is 17.4 Å². The summed E-state index contributed by atoms with van der Waals surface area (Å²) >= 11 is 5.00. The SMILES string of the molecule is Cc1ccc(CN(C(=O)CSCc2ccc(Br)cc2)[C@H](C)C(=O)NC(C)(C)C)cc1. The van der Waals surface area contributed by atoms with Crippen LogP contribution >= 0.6 is 27.7 Å². The van der Waals surface area contributed by atoms with E-state index in [9.17, 15) is 9.59 Å². The number of benzene rings is 2. The number of amides is 2. The predicted molar refractivity (Wildman–Crippen MR) is 129 cm³/mol. The molecule has 0 unspecified atom stereocenters. The molecule has 0 fully saturated rings.